The lowest BCUT2D eigenvalue weighted by Crippen LogP contribution is -2.02. The summed E-state index contributed by atoms with van der Waals surface area (Å²) in [6.07, 6.45) is -0.134. The average molecular weight is 120 g/mol. The fourth-order valence-corrected chi connectivity index (χ4v) is 0.865. The lowest BCUT2D eigenvalue weighted by atomic mass is 10.5. The molecule has 1 atom stereocenters. The molecule has 44 valence electrons. The molecule has 0 unspecified atom stereocenters. The maximum Gasteiger partial charge on any atom is 0.0602 e. The van der Waals surface area contributed by atoms with Crippen LogP contribution in [0.15, 0.2) is 0 Å². The quantitative estimate of drug-likeness (QED) is 0.602. The van der Waals surface area contributed by atoms with E-state index in [2.05, 4.69) is 6.92 Å². The highest BCUT2D eigenvalue weighted by Crippen LogP contribution is 1.99. The first-order valence-electron chi connectivity index (χ1n) is 2.53. The number of hydrogen-bond acceptors (Lipinski definition) is 2. The zero-order valence-electron chi connectivity index (χ0n) is 4.85. The maximum atomic E-state index is 8.66. The van der Waals surface area contributed by atoms with E-state index in [1.54, 1.807) is 11.8 Å². The Morgan fingerprint density at radius 3 is 2.43 bits per heavy atom. The summed E-state index contributed by atoms with van der Waals surface area (Å²) in [4.78, 5) is 0. The zero-order valence-corrected chi connectivity index (χ0v) is 5.66. The largest absolute Gasteiger partial charge is 0.393 e. The molecule has 0 rings (SSSR count). The van der Waals surface area contributed by atoms with Crippen molar-refractivity contribution in [3.05, 3.63) is 0 Å². The van der Waals surface area contributed by atoms with Gasteiger partial charge in [0.25, 0.3) is 0 Å². The molecule has 0 saturated carbocycles. The van der Waals surface area contributed by atoms with Crippen LogP contribution in [0.1, 0.15) is 13.8 Å². The minimum absolute atomic E-state index is 0.134. The van der Waals surface area contributed by atoms with Gasteiger partial charge in [-0.05, 0) is 12.7 Å². The van der Waals surface area contributed by atoms with Crippen molar-refractivity contribution in [3.63, 3.8) is 0 Å². The highest BCUT2D eigenvalue weighted by molar-refractivity contribution is 7.99. The fraction of sp³-hybridized carbons (Fsp3) is 1.00. The van der Waals surface area contributed by atoms with E-state index in [4.69, 9.17) is 5.11 Å². The second kappa shape index (κ2) is 4.47. The highest BCUT2D eigenvalue weighted by Gasteiger charge is 1.90. The van der Waals surface area contributed by atoms with Crippen LogP contribution in [-0.2, 0) is 0 Å². The summed E-state index contributed by atoms with van der Waals surface area (Å²) in [6.45, 7) is 3.90. The maximum absolute atomic E-state index is 8.66. The SMILES string of the molecule is CCSC[C@H](C)O. The van der Waals surface area contributed by atoms with Crippen LogP contribution in [0.4, 0.5) is 0 Å². The summed E-state index contributed by atoms with van der Waals surface area (Å²) in [6, 6.07) is 0. The average Bonchev–Trinajstić information content (AvgIpc) is 1.61. The van der Waals surface area contributed by atoms with E-state index >= 15 is 0 Å². The van der Waals surface area contributed by atoms with Crippen LogP contribution < -0.4 is 0 Å². The lowest BCUT2D eigenvalue weighted by Gasteiger charge is -1.98. The molecule has 0 aliphatic heterocycles. The van der Waals surface area contributed by atoms with E-state index in [1.165, 1.54) is 0 Å². The molecule has 0 aromatic heterocycles. The Kier molecular flexibility index (Phi) is 4.67. The molecule has 0 radical (unpaired) electrons. The topological polar surface area (TPSA) is 20.2 Å². The molecule has 0 saturated heterocycles. The van der Waals surface area contributed by atoms with Gasteiger partial charge < -0.3 is 5.11 Å². The Bertz CT molecular complexity index is 37.1. The van der Waals surface area contributed by atoms with Crippen LogP contribution in [0.5, 0.6) is 0 Å². The van der Waals surface area contributed by atoms with Crippen LogP contribution in [0.2, 0.25) is 0 Å². The predicted molar refractivity (Wildman–Crippen MR) is 34.7 cm³/mol. The Balaban J connectivity index is 2.68. The van der Waals surface area contributed by atoms with Crippen molar-refractivity contribution in [2.75, 3.05) is 11.5 Å². The Morgan fingerprint density at radius 1 is 1.71 bits per heavy atom. The molecule has 0 aromatic rings. The summed E-state index contributed by atoms with van der Waals surface area (Å²) in [5.74, 6) is 1.97. The second-order valence-corrected chi connectivity index (χ2v) is 2.83. The van der Waals surface area contributed by atoms with Crippen molar-refractivity contribution in [2.24, 2.45) is 0 Å². The van der Waals surface area contributed by atoms with Gasteiger partial charge in [-0.15, -0.1) is 0 Å². The molecule has 1 N–H and O–H groups in total. The van der Waals surface area contributed by atoms with Crippen molar-refractivity contribution >= 4 is 11.8 Å². The van der Waals surface area contributed by atoms with E-state index in [0.717, 1.165) is 11.5 Å². The summed E-state index contributed by atoms with van der Waals surface area (Å²) in [5, 5.41) is 8.66. The van der Waals surface area contributed by atoms with Crippen molar-refractivity contribution in [2.45, 2.75) is 20.0 Å². The summed E-state index contributed by atoms with van der Waals surface area (Å²) in [5.41, 5.74) is 0. The standard InChI is InChI=1S/C5H12OS/c1-3-7-4-5(2)6/h5-6H,3-4H2,1-2H3/t5-/m0/s1. The molecule has 0 amide bonds. The number of rotatable bonds is 3. The van der Waals surface area contributed by atoms with Gasteiger partial charge in [-0.2, -0.15) is 11.8 Å². The molecule has 0 fully saturated rings. The van der Waals surface area contributed by atoms with Crippen LogP contribution >= 0.6 is 11.8 Å². The Hall–Kier alpha value is 0.310. The van der Waals surface area contributed by atoms with Crippen LogP contribution in [-0.4, -0.2) is 22.7 Å². The van der Waals surface area contributed by atoms with Gasteiger partial charge in [-0.3, -0.25) is 0 Å². The Morgan fingerprint density at radius 2 is 2.29 bits per heavy atom. The van der Waals surface area contributed by atoms with Gasteiger partial charge in [0, 0.05) is 5.75 Å². The van der Waals surface area contributed by atoms with E-state index in [1.807, 2.05) is 6.92 Å². The van der Waals surface area contributed by atoms with Crippen LogP contribution in [0, 0.1) is 0 Å². The van der Waals surface area contributed by atoms with Crippen LogP contribution in [0.25, 0.3) is 0 Å². The molecular formula is C5H12OS. The smallest absolute Gasteiger partial charge is 0.0602 e. The predicted octanol–water partition coefficient (Wildman–Crippen LogP) is 1.12. The first-order chi connectivity index (χ1) is 3.27. The van der Waals surface area contributed by atoms with Crippen molar-refractivity contribution < 1.29 is 5.11 Å². The number of aliphatic hydroxyl groups is 1. The fourth-order valence-electron chi connectivity index (χ4n) is 0.288. The third-order valence-electron chi connectivity index (χ3n) is 0.563. The molecule has 0 bridgehead atoms. The molecule has 0 aliphatic rings. The molecule has 1 nitrogen and oxygen atoms in total. The van der Waals surface area contributed by atoms with Crippen LogP contribution in [0.3, 0.4) is 0 Å². The second-order valence-electron chi connectivity index (χ2n) is 1.51. The minimum Gasteiger partial charge on any atom is -0.393 e. The molecule has 0 spiro atoms. The van der Waals surface area contributed by atoms with E-state index in [0.29, 0.717) is 0 Å². The molecular weight excluding hydrogens is 108 g/mol. The monoisotopic (exact) mass is 120 g/mol. The first-order valence-corrected chi connectivity index (χ1v) is 3.68. The van der Waals surface area contributed by atoms with E-state index in [9.17, 15) is 0 Å². The number of thioether (sulfide) groups is 1. The molecule has 2 heteroatoms. The lowest BCUT2D eigenvalue weighted by molar-refractivity contribution is 0.220. The summed E-state index contributed by atoms with van der Waals surface area (Å²) in [7, 11) is 0. The summed E-state index contributed by atoms with van der Waals surface area (Å²) >= 11 is 1.77. The van der Waals surface area contributed by atoms with Gasteiger partial charge in [0.1, 0.15) is 0 Å². The minimum atomic E-state index is -0.134. The van der Waals surface area contributed by atoms with Gasteiger partial charge >= 0.3 is 0 Å². The zero-order chi connectivity index (χ0) is 5.70. The van der Waals surface area contributed by atoms with Gasteiger partial charge in [0.15, 0.2) is 0 Å². The van der Waals surface area contributed by atoms with Gasteiger partial charge in [0.05, 0.1) is 6.10 Å². The molecule has 0 aliphatic carbocycles. The third kappa shape index (κ3) is 6.31. The van der Waals surface area contributed by atoms with Gasteiger partial charge in [-0.1, -0.05) is 6.92 Å². The van der Waals surface area contributed by atoms with Gasteiger partial charge in [-0.25, -0.2) is 0 Å². The van der Waals surface area contributed by atoms with Gasteiger partial charge in [0.2, 0.25) is 0 Å². The molecule has 0 aromatic carbocycles. The number of hydrogen-bond donors (Lipinski definition) is 1. The first kappa shape index (κ1) is 7.31. The summed E-state index contributed by atoms with van der Waals surface area (Å²) < 4.78 is 0. The molecule has 7 heavy (non-hydrogen) atoms. The van der Waals surface area contributed by atoms with Crippen molar-refractivity contribution in [1.82, 2.24) is 0 Å². The normalized spacial score (nSPS) is 14.1. The van der Waals surface area contributed by atoms with E-state index < -0.39 is 0 Å². The third-order valence-corrected chi connectivity index (χ3v) is 1.69. The van der Waals surface area contributed by atoms with Crippen molar-refractivity contribution in [3.8, 4) is 0 Å². The van der Waals surface area contributed by atoms with E-state index in [-0.39, 0.29) is 6.10 Å². The Labute approximate surface area is 49.1 Å². The highest BCUT2D eigenvalue weighted by atomic mass is 32.2. The van der Waals surface area contributed by atoms with Crippen molar-refractivity contribution in [1.29, 1.82) is 0 Å². The molecule has 0 heterocycles. The number of aliphatic hydroxyl groups excluding tert-OH is 1.